The summed E-state index contributed by atoms with van der Waals surface area (Å²) in [6.07, 6.45) is 4.09. The Labute approximate surface area is 65.5 Å². The average Bonchev–Trinajstić information content (AvgIpc) is 1.97. The van der Waals surface area contributed by atoms with E-state index in [4.69, 9.17) is 16.2 Å². The number of ether oxygens (including phenoxy) is 1. The first-order chi connectivity index (χ1) is 5.22. The summed E-state index contributed by atoms with van der Waals surface area (Å²) < 4.78 is 4.75. The van der Waals surface area contributed by atoms with Crippen molar-refractivity contribution in [2.75, 3.05) is 0 Å². The summed E-state index contributed by atoms with van der Waals surface area (Å²) in [6.45, 7) is 6.74. The van der Waals surface area contributed by atoms with Crippen LogP contribution in [0.2, 0.25) is 0 Å². The molecule has 0 bridgehead atoms. The Morgan fingerprint density at radius 3 is 2.36 bits per heavy atom. The van der Waals surface area contributed by atoms with Crippen molar-refractivity contribution in [3.63, 3.8) is 0 Å². The normalized spacial score (nSPS) is 9.09. The van der Waals surface area contributed by atoms with Gasteiger partial charge >= 0.3 is 0 Å². The van der Waals surface area contributed by atoms with Gasteiger partial charge in [0.25, 0.3) is 5.88 Å². The van der Waals surface area contributed by atoms with Gasteiger partial charge in [-0.25, -0.2) is 4.99 Å². The molecule has 60 valence electrons. The zero-order valence-electron chi connectivity index (χ0n) is 6.16. The fourth-order valence-electron chi connectivity index (χ4n) is 0.372. The maximum absolute atomic E-state index is 5.20. The molecule has 0 fully saturated rings. The Morgan fingerprint density at radius 2 is 2.00 bits per heavy atom. The van der Waals surface area contributed by atoms with Crippen molar-refractivity contribution in [2.24, 2.45) is 16.5 Å². The summed E-state index contributed by atoms with van der Waals surface area (Å²) in [5.41, 5.74) is 10.4. The number of allylic oxidation sites excluding steroid dienone is 1. The highest BCUT2D eigenvalue weighted by molar-refractivity contribution is 5.71. The van der Waals surface area contributed by atoms with Gasteiger partial charge in [-0.05, 0) is 0 Å². The summed E-state index contributed by atoms with van der Waals surface area (Å²) in [5, 5.41) is 0. The molecule has 4 N–H and O–H groups in total. The fourth-order valence-corrected chi connectivity index (χ4v) is 0.372. The molecule has 0 aliphatic heterocycles. The van der Waals surface area contributed by atoms with Crippen LogP contribution >= 0.6 is 0 Å². The predicted molar refractivity (Wildman–Crippen MR) is 45.4 cm³/mol. The molecule has 0 saturated heterocycles. The highest BCUT2D eigenvalue weighted by Crippen LogP contribution is 1.98. The van der Waals surface area contributed by atoms with Crippen molar-refractivity contribution in [3.05, 3.63) is 37.2 Å². The second-order valence-corrected chi connectivity index (χ2v) is 1.56. The molecule has 0 aromatic carbocycles. The van der Waals surface area contributed by atoms with E-state index in [0.717, 1.165) is 0 Å². The summed E-state index contributed by atoms with van der Waals surface area (Å²) in [7, 11) is 0. The first-order valence-electron chi connectivity index (χ1n) is 2.90. The molecule has 0 spiro atoms. The van der Waals surface area contributed by atoms with Crippen LogP contribution in [0.3, 0.4) is 0 Å². The minimum absolute atomic E-state index is 0.00278. The molecular weight excluding hydrogens is 142 g/mol. The van der Waals surface area contributed by atoms with Crippen molar-refractivity contribution < 1.29 is 4.74 Å². The molecule has 0 radical (unpaired) electrons. The molecule has 0 aliphatic carbocycles. The molecule has 4 heteroatoms. The molecule has 0 heterocycles. The summed E-state index contributed by atoms with van der Waals surface area (Å²) in [5.74, 6) is 0.128. The van der Waals surface area contributed by atoms with Gasteiger partial charge in [0.1, 0.15) is 0 Å². The molecule has 0 atom stereocenters. The number of nitrogens with two attached hydrogens (primary N) is 2. The molecule has 0 aliphatic rings. The van der Waals surface area contributed by atoms with E-state index in [-0.39, 0.29) is 11.7 Å². The van der Waals surface area contributed by atoms with E-state index in [2.05, 4.69) is 18.2 Å². The van der Waals surface area contributed by atoms with Gasteiger partial charge in [-0.1, -0.05) is 19.2 Å². The van der Waals surface area contributed by atoms with Crippen LogP contribution in [0, 0.1) is 0 Å². The van der Waals surface area contributed by atoms with E-state index in [1.165, 1.54) is 18.6 Å². The van der Waals surface area contributed by atoms with Crippen LogP contribution in [-0.4, -0.2) is 6.21 Å². The lowest BCUT2D eigenvalue weighted by Crippen LogP contribution is -2.12. The van der Waals surface area contributed by atoms with Crippen LogP contribution in [0.4, 0.5) is 0 Å². The van der Waals surface area contributed by atoms with Crippen molar-refractivity contribution in [3.8, 4) is 0 Å². The zero-order chi connectivity index (χ0) is 8.69. The van der Waals surface area contributed by atoms with Crippen LogP contribution in [0.25, 0.3) is 0 Å². The fraction of sp³-hybridized carbons (Fsp3) is 0. The number of hydrogen-bond donors (Lipinski definition) is 2. The third-order valence-electron chi connectivity index (χ3n) is 0.739. The molecule has 0 amide bonds. The lowest BCUT2D eigenvalue weighted by atomic mass is 10.6. The average molecular weight is 153 g/mol. The summed E-state index contributed by atoms with van der Waals surface area (Å²) >= 11 is 0. The zero-order valence-corrected chi connectivity index (χ0v) is 6.16. The number of rotatable bonds is 4. The first-order valence-corrected chi connectivity index (χ1v) is 2.90. The monoisotopic (exact) mass is 153 g/mol. The number of nitrogens with zero attached hydrogens (tertiary/aromatic N) is 1. The van der Waals surface area contributed by atoms with Gasteiger partial charge in [0.15, 0.2) is 5.82 Å². The van der Waals surface area contributed by atoms with Gasteiger partial charge < -0.3 is 16.2 Å². The van der Waals surface area contributed by atoms with Gasteiger partial charge in [-0.2, -0.15) is 0 Å². The minimum Gasteiger partial charge on any atom is -0.445 e. The SMILES string of the molecule is C=CC=NC(OC=C)=C(N)N. The molecule has 0 saturated carbocycles. The van der Waals surface area contributed by atoms with Crippen LogP contribution in [0.5, 0.6) is 0 Å². The molecule has 4 nitrogen and oxygen atoms in total. The van der Waals surface area contributed by atoms with E-state index >= 15 is 0 Å². The van der Waals surface area contributed by atoms with Crippen molar-refractivity contribution in [2.45, 2.75) is 0 Å². The Hall–Kier alpha value is -1.71. The van der Waals surface area contributed by atoms with Crippen LogP contribution in [0.1, 0.15) is 0 Å². The maximum Gasteiger partial charge on any atom is 0.259 e. The number of hydrogen-bond acceptors (Lipinski definition) is 4. The van der Waals surface area contributed by atoms with Gasteiger partial charge in [0.05, 0.1) is 6.26 Å². The summed E-state index contributed by atoms with van der Waals surface area (Å²) in [4.78, 5) is 3.72. The number of aliphatic imine (C=N–C) groups is 1. The molecule has 0 aromatic heterocycles. The van der Waals surface area contributed by atoms with Gasteiger partial charge in [-0.15, -0.1) is 0 Å². The highest BCUT2D eigenvalue weighted by Gasteiger charge is 1.94. The Balaban J connectivity index is 4.35. The van der Waals surface area contributed by atoms with E-state index in [1.54, 1.807) is 0 Å². The first kappa shape index (κ1) is 9.29. The topological polar surface area (TPSA) is 73.6 Å². The van der Waals surface area contributed by atoms with Crippen molar-refractivity contribution >= 4 is 6.21 Å². The van der Waals surface area contributed by atoms with E-state index < -0.39 is 0 Å². The Bertz CT molecular complexity index is 202. The molecule has 0 aromatic rings. The molecular formula is C7H11N3O. The molecule has 0 unspecified atom stereocenters. The quantitative estimate of drug-likeness (QED) is 0.455. The standard InChI is InChI=1S/C7H11N3O/c1-3-5-10-7(6(8)9)11-4-2/h3-5H,1-2,8-9H2. The smallest absolute Gasteiger partial charge is 0.259 e. The second-order valence-electron chi connectivity index (χ2n) is 1.56. The third-order valence-corrected chi connectivity index (χ3v) is 0.739. The second kappa shape index (κ2) is 5.10. The third kappa shape index (κ3) is 3.80. The van der Waals surface area contributed by atoms with Crippen molar-refractivity contribution in [1.29, 1.82) is 0 Å². The van der Waals surface area contributed by atoms with E-state index in [0.29, 0.717) is 0 Å². The Morgan fingerprint density at radius 1 is 1.36 bits per heavy atom. The van der Waals surface area contributed by atoms with E-state index in [9.17, 15) is 0 Å². The summed E-state index contributed by atoms with van der Waals surface area (Å²) in [6, 6.07) is 0. The maximum atomic E-state index is 5.20. The lowest BCUT2D eigenvalue weighted by Gasteiger charge is -1.99. The molecule has 0 rings (SSSR count). The van der Waals surface area contributed by atoms with Crippen LogP contribution in [-0.2, 0) is 4.74 Å². The van der Waals surface area contributed by atoms with Gasteiger partial charge in [0, 0.05) is 6.21 Å². The van der Waals surface area contributed by atoms with Gasteiger partial charge in [-0.3, -0.25) is 0 Å². The lowest BCUT2D eigenvalue weighted by molar-refractivity contribution is 0.342. The van der Waals surface area contributed by atoms with Crippen molar-refractivity contribution in [1.82, 2.24) is 0 Å². The van der Waals surface area contributed by atoms with Crippen LogP contribution in [0.15, 0.2) is 42.2 Å². The Kier molecular flexibility index (Phi) is 4.31. The largest absolute Gasteiger partial charge is 0.445 e. The van der Waals surface area contributed by atoms with E-state index in [1.807, 2.05) is 0 Å². The predicted octanol–water partition coefficient (Wildman–Crippen LogP) is 0.447. The highest BCUT2D eigenvalue weighted by atomic mass is 16.5. The molecule has 11 heavy (non-hydrogen) atoms. The van der Waals surface area contributed by atoms with Gasteiger partial charge in [0.2, 0.25) is 0 Å². The van der Waals surface area contributed by atoms with Crippen LogP contribution < -0.4 is 11.5 Å². The minimum atomic E-state index is 0.00278.